The Morgan fingerprint density at radius 2 is 1.89 bits per heavy atom. The van der Waals surface area contributed by atoms with Crippen molar-refractivity contribution in [3.05, 3.63) is 24.2 Å². The Bertz CT molecular complexity index is 525. The zero-order valence-electron chi connectivity index (χ0n) is 11.6. The Hall–Kier alpha value is -2.31. The molecule has 0 fully saturated rings. The second kappa shape index (κ2) is 5.55. The van der Waals surface area contributed by atoms with Gasteiger partial charge < -0.3 is 19.5 Å². The smallest absolute Gasteiger partial charge is 0.232 e. The highest BCUT2D eigenvalue weighted by Gasteiger charge is 2.11. The molecule has 0 radical (unpaired) electrons. The van der Waals surface area contributed by atoms with Crippen LogP contribution in [-0.2, 0) is 6.54 Å². The average Bonchev–Trinajstić information content (AvgIpc) is 2.90. The van der Waals surface area contributed by atoms with Gasteiger partial charge in [-0.05, 0) is 6.07 Å². The van der Waals surface area contributed by atoms with Gasteiger partial charge in [0.25, 0.3) is 0 Å². The van der Waals surface area contributed by atoms with E-state index in [1.807, 2.05) is 37.0 Å². The summed E-state index contributed by atoms with van der Waals surface area (Å²) >= 11 is 0. The van der Waals surface area contributed by atoms with E-state index in [0.717, 1.165) is 5.56 Å². The Kier molecular flexibility index (Phi) is 3.84. The molecule has 1 N–H and O–H groups in total. The van der Waals surface area contributed by atoms with Gasteiger partial charge in [0.2, 0.25) is 17.8 Å². The van der Waals surface area contributed by atoms with Crippen LogP contribution in [0.3, 0.4) is 0 Å². The molecule has 2 aromatic heterocycles. The number of aromatic nitrogens is 3. The van der Waals surface area contributed by atoms with E-state index < -0.39 is 0 Å². The lowest BCUT2D eigenvalue weighted by Gasteiger charge is -2.19. The summed E-state index contributed by atoms with van der Waals surface area (Å²) in [6.07, 6.45) is 3.37. The van der Waals surface area contributed by atoms with Crippen LogP contribution in [0.25, 0.3) is 0 Å². The van der Waals surface area contributed by atoms with Gasteiger partial charge in [0, 0.05) is 40.3 Å². The highest BCUT2D eigenvalue weighted by molar-refractivity contribution is 5.44. The average molecular weight is 262 g/mol. The molecule has 0 bridgehead atoms. The van der Waals surface area contributed by atoms with Crippen LogP contribution < -0.4 is 15.1 Å². The van der Waals surface area contributed by atoms with Gasteiger partial charge in [-0.2, -0.15) is 15.0 Å². The van der Waals surface area contributed by atoms with Gasteiger partial charge in [0.05, 0.1) is 12.5 Å². The minimum atomic E-state index is 0.549. The highest BCUT2D eigenvalue weighted by atomic mass is 16.3. The Morgan fingerprint density at radius 1 is 1.16 bits per heavy atom. The van der Waals surface area contributed by atoms with E-state index in [2.05, 4.69) is 20.3 Å². The van der Waals surface area contributed by atoms with Gasteiger partial charge in [-0.1, -0.05) is 0 Å². The molecule has 0 atom stereocenters. The summed E-state index contributed by atoms with van der Waals surface area (Å²) < 4.78 is 5.06. The van der Waals surface area contributed by atoms with Gasteiger partial charge in [0.15, 0.2) is 0 Å². The van der Waals surface area contributed by atoms with Gasteiger partial charge >= 0.3 is 0 Å². The second-order valence-corrected chi connectivity index (χ2v) is 4.39. The Morgan fingerprint density at radius 3 is 2.47 bits per heavy atom. The summed E-state index contributed by atoms with van der Waals surface area (Å²) in [5.41, 5.74) is 1.07. The van der Waals surface area contributed by atoms with Crippen molar-refractivity contribution in [3.8, 4) is 0 Å². The van der Waals surface area contributed by atoms with Crippen molar-refractivity contribution in [3.63, 3.8) is 0 Å². The highest BCUT2D eigenvalue weighted by Crippen LogP contribution is 2.16. The summed E-state index contributed by atoms with van der Waals surface area (Å²) in [6.45, 7) is 0.677. The van der Waals surface area contributed by atoms with E-state index in [1.54, 1.807) is 19.6 Å². The number of hydrogen-bond acceptors (Lipinski definition) is 7. The maximum atomic E-state index is 5.06. The Labute approximate surface area is 112 Å². The molecule has 2 heterocycles. The van der Waals surface area contributed by atoms with E-state index in [9.17, 15) is 0 Å². The molecule has 0 saturated heterocycles. The molecular weight excluding hydrogens is 244 g/mol. The van der Waals surface area contributed by atoms with Gasteiger partial charge in [0.1, 0.15) is 0 Å². The third-order valence-corrected chi connectivity index (χ3v) is 2.58. The van der Waals surface area contributed by atoms with E-state index >= 15 is 0 Å². The molecule has 0 aliphatic carbocycles. The van der Waals surface area contributed by atoms with Crippen LogP contribution in [0.15, 0.2) is 23.0 Å². The lowest BCUT2D eigenvalue weighted by atomic mass is 10.3. The topological polar surface area (TPSA) is 70.3 Å². The first-order valence-electron chi connectivity index (χ1n) is 5.93. The fourth-order valence-electron chi connectivity index (χ4n) is 1.56. The van der Waals surface area contributed by atoms with Crippen LogP contribution >= 0.6 is 0 Å². The standard InChI is InChI=1S/C12H18N6O/c1-13-10-14-11(17(2)3)16-12(15-10)18(4)7-9-5-6-19-8-9/h5-6,8H,7H2,1-4H3,(H,13,14,15,16). The fraction of sp³-hybridized carbons (Fsp3) is 0.417. The molecule has 0 spiro atoms. The molecule has 0 aromatic carbocycles. The first-order valence-corrected chi connectivity index (χ1v) is 5.93. The van der Waals surface area contributed by atoms with Gasteiger partial charge in [-0.15, -0.1) is 0 Å². The third-order valence-electron chi connectivity index (χ3n) is 2.58. The lowest BCUT2D eigenvalue weighted by Crippen LogP contribution is -2.22. The van der Waals surface area contributed by atoms with Crippen molar-refractivity contribution >= 4 is 17.8 Å². The predicted molar refractivity (Wildman–Crippen MR) is 74.5 cm³/mol. The van der Waals surface area contributed by atoms with Crippen LogP contribution in [0.5, 0.6) is 0 Å². The molecule has 2 rings (SSSR count). The summed E-state index contributed by atoms with van der Waals surface area (Å²) in [5.74, 6) is 1.78. The minimum absolute atomic E-state index is 0.549. The molecule has 0 amide bonds. The monoisotopic (exact) mass is 262 g/mol. The number of nitrogens with zero attached hydrogens (tertiary/aromatic N) is 5. The van der Waals surface area contributed by atoms with Crippen molar-refractivity contribution in [1.29, 1.82) is 0 Å². The number of hydrogen-bond donors (Lipinski definition) is 1. The van der Waals surface area contributed by atoms with E-state index in [0.29, 0.717) is 24.4 Å². The molecule has 0 saturated carbocycles. The summed E-state index contributed by atoms with van der Waals surface area (Å²) in [6, 6.07) is 1.92. The zero-order chi connectivity index (χ0) is 13.8. The largest absolute Gasteiger partial charge is 0.472 e. The molecule has 0 aliphatic rings. The molecule has 19 heavy (non-hydrogen) atoms. The van der Waals surface area contributed by atoms with Crippen molar-refractivity contribution in [2.24, 2.45) is 0 Å². The lowest BCUT2D eigenvalue weighted by molar-refractivity contribution is 0.563. The van der Waals surface area contributed by atoms with Gasteiger partial charge in [-0.3, -0.25) is 0 Å². The summed E-state index contributed by atoms with van der Waals surface area (Å²) in [7, 11) is 7.51. The van der Waals surface area contributed by atoms with Crippen LogP contribution in [0.1, 0.15) is 5.56 Å². The minimum Gasteiger partial charge on any atom is -0.472 e. The molecule has 0 aliphatic heterocycles. The second-order valence-electron chi connectivity index (χ2n) is 4.39. The van der Waals surface area contributed by atoms with Crippen molar-refractivity contribution in [2.75, 3.05) is 43.3 Å². The van der Waals surface area contributed by atoms with Crippen LogP contribution in [0.2, 0.25) is 0 Å². The quantitative estimate of drug-likeness (QED) is 0.868. The zero-order valence-corrected chi connectivity index (χ0v) is 11.6. The summed E-state index contributed by atoms with van der Waals surface area (Å²) in [5, 5.41) is 2.94. The van der Waals surface area contributed by atoms with Crippen molar-refractivity contribution < 1.29 is 4.42 Å². The van der Waals surface area contributed by atoms with E-state index in [4.69, 9.17) is 4.42 Å². The maximum absolute atomic E-state index is 5.06. The number of furan rings is 1. The maximum Gasteiger partial charge on any atom is 0.232 e. The van der Waals surface area contributed by atoms with Crippen LogP contribution in [0, 0.1) is 0 Å². The van der Waals surface area contributed by atoms with Crippen LogP contribution in [-0.4, -0.2) is 43.1 Å². The van der Waals surface area contributed by atoms with E-state index in [-0.39, 0.29) is 0 Å². The first kappa shape index (κ1) is 13.1. The molecule has 7 heteroatoms. The van der Waals surface area contributed by atoms with Crippen molar-refractivity contribution in [1.82, 2.24) is 15.0 Å². The SMILES string of the molecule is CNc1nc(N(C)C)nc(N(C)Cc2ccoc2)n1. The van der Waals surface area contributed by atoms with Crippen molar-refractivity contribution in [2.45, 2.75) is 6.54 Å². The molecule has 102 valence electrons. The molecular formula is C12H18N6O. The molecule has 7 nitrogen and oxygen atoms in total. The number of anilines is 3. The number of nitrogens with one attached hydrogen (secondary N) is 1. The van der Waals surface area contributed by atoms with Gasteiger partial charge in [-0.25, -0.2) is 0 Å². The third kappa shape index (κ3) is 3.12. The Balaban J connectivity index is 2.24. The fourth-order valence-corrected chi connectivity index (χ4v) is 1.56. The predicted octanol–water partition coefficient (Wildman–Crippen LogP) is 1.21. The summed E-state index contributed by atoms with van der Waals surface area (Å²) in [4.78, 5) is 16.8. The first-order chi connectivity index (χ1) is 9.10. The molecule has 2 aromatic rings. The van der Waals surface area contributed by atoms with E-state index in [1.165, 1.54) is 0 Å². The van der Waals surface area contributed by atoms with Crippen LogP contribution in [0.4, 0.5) is 17.8 Å². The number of rotatable bonds is 5. The molecule has 0 unspecified atom stereocenters. The normalized spacial score (nSPS) is 10.3.